The summed E-state index contributed by atoms with van der Waals surface area (Å²) in [4.78, 5) is 0. The summed E-state index contributed by atoms with van der Waals surface area (Å²) >= 11 is 6.19. The molecule has 0 spiro atoms. The number of alkyl halides is 1. The van der Waals surface area contributed by atoms with Crippen LogP contribution in [0, 0.1) is 23.0 Å². The molecule has 1 aliphatic heterocycles. The molecule has 4 heteroatoms. The maximum Gasteiger partial charge on any atom is 0.129 e. The zero-order valence-corrected chi connectivity index (χ0v) is 11.4. The Hall–Kier alpha value is -0.670. The molecule has 1 nitrogen and oxygen atoms in total. The van der Waals surface area contributed by atoms with Gasteiger partial charge in [-0.2, -0.15) is 0 Å². The van der Waals surface area contributed by atoms with Crippen molar-refractivity contribution >= 4 is 11.6 Å². The van der Waals surface area contributed by atoms with Gasteiger partial charge in [0.15, 0.2) is 0 Å². The van der Waals surface area contributed by atoms with E-state index < -0.39 is 11.6 Å². The molecule has 1 aromatic carbocycles. The van der Waals surface area contributed by atoms with E-state index in [9.17, 15) is 8.78 Å². The predicted molar refractivity (Wildman–Crippen MR) is 70.3 cm³/mol. The van der Waals surface area contributed by atoms with E-state index in [1.165, 1.54) is 25.0 Å². The molecule has 2 unspecified atom stereocenters. The van der Waals surface area contributed by atoms with Crippen molar-refractivity contribution < 1.29 is 13.5 Å². The van der Waals surface area contributed by atoms with Crippen LogP contribution in [0.1, 0.15) is 24.8 Å². The fourth-order valence-corrected chi connectivity index (χ4v) is 3.55. The lowest BCUT2D eigenvalue weighted by molar-refractivity contribution is 0.0400. The third-order valence-electron chi connectivity index (χ3n) is 4.37. The highest BCUT2D eigenvalue weighted by Gasteiger charge is 2.50. The van der Waals surface area contributed by atoms with Crippen molar-refractivity contribution in [3.05, 3.63) is 35.4 Å². The smallest absolute Gasteiger partial charge is 0.129 e. The highest BCUT2D eigenvalue weighted by molar-refractivity contribution is 6.18. The molecule has 1 aliphatic carbocycles. The van der Waals surface area contributed by atoms with E-state index in [1.807, 2.05) is 0 Å². The van der Waals surface area contributed by atoms with Crippen LogP contribution in [0.5, 0.6) is 0 Å². The molecule has 1 heterocycles. The number of halogens is 3. The molecule has 0 radical (unpaired) electrons. The molecule has 2 aliphatic rings. The van der Waals surface area contributed by atoms with Gasteiger partial charge in [0.25, 0.3) is 0 Å². The topological polar surface area (TPSA) is 9.23 Å². The van der Waals surface area contributed by atoms with Gasteiger partial charge in [-0.25, -0.2) is 8.78 Å². The lowest BCUT2D eigenvalue weighted by Crippen LogP contribution is -2.37. The molecule has 0 bridgehead atoms. The Bertz CT molecular complexity index is 475. The third kappa shape index (κ3) is 2.50. The van der Waals surface area contributed by atoms with Gasteiger partial charge in [-0.15, -0.1) is 11.6 Å². The Morgan fingerprint density at radius 2 is 2.11 bits per heavy atom. The SMILES string of the molecule is Fc1ccc(CC2(CCl)CCOC2C2CC2)c(F)c1. The van der Waals surface area contributed by atoms with Crippen LogP contribution >= 0.6 is 11.6 Å². The van der Waals surface area contributed by atoms with Gasteiger partial charge in [0.2, 0.25) is 0 Å². The molecule has 0 aromatic heterocycles. The van der Waals surface area contributed by atoms with Gasteiger partial charge in [0.05, 0.1) is 6.10 Å². The quantitative estimate of drug-likeness (QED) is 0.762. The van der Waals surface area contributed by atoms with Crippen molar-refractivity contribution in [2.75, 3.05) is 12.5 Å². The Balaban J connectivity index is 1.85. The van der Waals surface area contributed by atoms with Crippen LogP contribution in [0.4, 0.5) is 8.78 Å². The fraction of sp³-hybridized carbons (Fsp3) is 0.600. The molecule has 2 atom stereocenters. The van der Waals surface area contributed by atoms with E-state index in [2.05, 4.69) is 0 Å². The molecule has 104 valence electrons. The molecule has 0 N–H and O–H groups in total. The van der Waals surface area contributed by atoms with Crippen molar-refractivity contribution in [3.8, 4) is 0 Å². The molecule has 19 heavy (non-hydrogen) atoms. The lowest BCUT2D eigenvalue weighted by atomic mass is 9.75. The fourth-order valence-electron chi connectivity index (χ4n) is 3.17. The summed E-state index contributed by atoms with van der Waals surface area (Å²) < 4.78 is 32.6. The first-order valence-corrected chi connectivity index (χ1v) is 7.29. The number of hydrogen-bond acceptors (Lipinski definition) is 1. The molecule has 3 rings (SSSR count). The average molecular weight is 287 g/mol. The summed E-state index contributed by atoms with van der Waals surface area (Å²) in [5, 5.41) is 0. The largest absolute Gasteiger partial charge is 0.377 e. The second-order valence-electron chi connectivity index (χ2n) is 5.79. The second kappa shape index (κ2) is 5.02. The molecular formula is C15H17ClF2O. The minimum Gasteiger partial charge on any atom is -0.377 e. The van der Waals surface area contributed by atoms with Gasteiger partial charge in [0, 0.05) is 24.0 Å². The first-order valence-electron chi connectivity index (χ1n) is 6.76. The minimum atomic E-state index is -0.539. The maximum atomic E-state index is 13.8. The zero-order chi connectivity index (χ0) is 13.5. The van der Waals surface area contributed by atoms with Crippen molar-refractivity contribution in [3.63, 3.8) is 0 Å². The van der Waals surface area contributed by atoms with Crippen molar-refractivity contribution in [2.45, 2.75) is 31.8 Å². The number of benzene rings is 1. The van der Waals surface area contributed by atoms with E-state index >= 15 is 0 Å². The summed E-state index contributed by atoms with van der Waals surface area (Å²) in [6.45, 7) is 0.691. The van der Waals surface area contributed by atoms with Crippen molar-refractivity contribution in [2.24, 2.45) is 11.3 Å². The van der Waals surface area contributed by atoms with E-state index in [1.54, 1.807) is 0 Å². The summed E-state index contributed by atoms with van der Waals surface area (Å²) in [6.07, 6.45) is 3.87. The third-order valence-corrected chi connectivity index (χ3v) is 4.91. The number of rotatable bonds is 4. The van der Waals surface area contributed by atoms with Crippen LogP contribution < -0.4 is 0 Å². The van der Waals surface area contributed by atoms with Gasteiger partial charge in [-0.05, 0) is 43.2 Å². The number of hydrogen-bond donors (Lipinski definition) is 0. The van der Waals surface area contributed by atoms with Crippen LogP contribution in [0.2, 0.25) is 0 Å². The average Bonchev–Trinajstić information content (AvgIpc) is 3.15. The highest BCUT2D eigenvalue weighted by atomic mass is 35.5. The van der Waals surface area contributed by atoms with Crippen LogP contribution in [-0.2, 0) is 11.2 Å². The highest BCUT2D eigenvalue weighted by Crippen LogP contribution is 2.50. The van der Waals surface area contributed by atoms with Crippen molar-refractivity contribution in [1.82, 2.24) is 0 Å². The van der Waals surface area contributed by atoms with Gasteiger partial charge in [-0.3, -0.25) is 0 Å². The summed E-state index contributed by atoms with van der Waals surface area (Å²) in [5.74, 6) is 0.0172. The van der Waals surface area contributed by atoms with Gasteiger partial charge >= 0.3 is 0 Å². The van der Waals surface area contributed by atoms with Crippen LogP contribution in [0.25, 0.3) is 0 Å². The predicted octanol–water partition coefficient (Wildman–Crippen LogP) is 3.93. The molecular weight excluding hydrogens is 270 g/mol. The Labute approximate surface area is 116 Å². The first kappa shape index (κ1) is 13.3. The van der Waals surface area contributed by atoms with Gasteiger partial charge in [0.1, 0.15) is 11.6 Å². The monoisotopic (exact) mass is 286 g/mol. The standard InChI is InChI=1S/C15H17ClF2O/c16-9-15(5-6-19-14(15)10-1-2-10)8-11-3-4-12(17)7-13(11)18/h3-4,7,10,14H,1-2,5-6,8-9H2. The lowest BCUT2D eigenvalue weighted by Gasteiger charge is -2.32. The molecule has 0 amide bonds. The summed E-state index contributed by atoms with van der Waals surface area (Å²) in [5.41, 5.74) is 0.347. The summed E-state index contributed by atoms with van der Waals surface area (Å²) in [6, 6.07) is 3.78. The normalized spacial score (nSPS) is 30.8. The first-order chi connectivity index (χ1) is 9.14. The van der Waals surface area contributed by atoms with E-state index in [-0.39, 0.29) is 11.5 Å². The molecule has 1 saturated carbocycles. The molecule has 1 saturated heterocycles. The van der Waals surface area contributed by atoms with E-state index in [0.29, 0.717) is 30.4 Å². The maximum absolute atomic E-state index is 13.8. The Kier molecular flexibility index (Phi) is 3.52. The van der Waals surface area contributed by atoms with Crippen LogP contribution in [0.15, 0.2) is 18.2 Å². The van der Waals surface area contributed by atoms with Gasteiger partial charge < -0.3 is 4.74 Å². The zero-order valence-electron chi connectivity index (χ0n) is 10.7. The van der Waals surface area contributed by atoms with Gasteiger partial charge in [-0.1, -0.05) is 6.07 Å². The van der Waals surface area contributed by atoms with Crippen LogP contribution in [0.3, 0.4) is 0 Å². The molecule has 1 aromatic rings. The van der Waals surface area contributed by atoms with E-state index in [4.69, 9.17) is 16.3 Å². The summed E-state index contributed by atoms with van der Waals surface area (Å²) in [7, 11) is 0. The van der Waals surface area contributed by atoms with Crippen molar-refractivity contribution in [1.29, 1.82) is 0 Å². The second-order valence-corrected chi connectivity index (χ2v) is 6.05. The molecule has 2 fully saturated rings. The minimum absolute atomic E-state index is 0.134. The Morgan fingerprint density at radius 1 is 1.32 bits per heavy atom. The Morgan fingerprint density at radius 3 is 2.74 bits per heavy atom. The number of ether oxygens (including phenoxy) is 1. The van der Waals surface area contributed by atoms with E-state index in [0.717, 1.165) is 12.5 Å². The van der Waals surface area contributed by atoms with Crippen LogP contribution in [-0.4, -0.2) is 18.6 Å².